The molecule has 0 aliphatic heterocycles. The van der Waals surface area contributed by atoms with Gasteiger partial charge in [0.05, 0.1) is 11.3 Å². The van der Waals surface area contributed by atoms with Gasteiger partial charge in [-0.05, 0) is 30.4 Å². The lowest BCUT2D eigenvalue weighted by molar-refractivity contribution is -0.146. The summed E-state index contributed by atoms with van der Waals surface area (Å²) in [5, 5.41) is 0. The highest BCUT2D eigenvalue weighted by Crippen LogP contribution is 2.48. The van der Waals surface area contributed by atoms with Crippen LogP contribution in [0.25, 0.3) is 0 Å². The fourth-order valence-electron chi connectivity index (χ4n) is 4.86. The Bertz CT molecular complexity index is 875. The Morgan fingerprint density at radius 3 is 2.00 bits per heavy atom. The van der Waals surface area contributed by atoms with E-state index >= 15 is 0 Å². The van der Waals surface area contributed by atoms with Crippen LogP contribution in [0.5, 0.6) is 0 Å². The zero-order valence-electron chi connectivity index (χ0n) is 16.6. The number of amides is 1. The van der Waals surface area contributed by atoms with Crippen molar-refractivity contribution in [1.29, 1.82) is 0 Å². The molecule has 2 N–H and O–H groups in total. The van der Waals surface area contributed by atoms with E-state index in [0.29, 0.717) is 6.42 Å². The Kier molecular flexibility index (Phi) is 5.50. The summed E-state index contributed by atoms with van der Waals surface area (Å²) >= 11 is 0. The van der Waals surface area contributed by atoms with Gasteiger partial charge >= 0.3 is 0 Å². The zero-order valence-corrected chi connectivity index (χ0v) is 16.6. The van der Waals surface area contributed by atoms with Gasteiger partial charge in [0.1, 0.15) is 5.78 Å². The maximum Gasteiger partial charge on any atom is 0.229 e. The van der Waals surface area contributed by atoms with Crippen molar-refractivity contribution >= 4 is 17.5 Å². The van der Waals surface area contributed by atoms with Gasteiger partial charge in [0.2, 0.25) is 5.91 Å². The van der Waals surface area contributed by atoms with E-state index in [-0.39, 0.29) is 17.5 Å². The average Bonchev–Trinajstić information content (AvgIpc) is 2.69. The van der Waals surface area contributed by atoms with Crippen LogP contribution in [0.1, 0.15) is 44.2 Å². The maximum absolute atomic E-state index is 13.3. The predicted octanol–water partition coefficient (Wildman–Crippen LogP) is 3.64. The lowest BCUT2D eigenvalue weighted by atomic mass is 9.55. The molecule has 0 spiro atoms. The van der Waals surface area contributed by atoms with Crippen LogP contribution < -0.4 is 5.73 Å². The Morgan fingerprint density at radius 2 is 1.50 bits per heavy atom. The molecule has 4 atom stereocenters. The number of nitrogens with two attached hydrogens (primary N) is 1. The van der Waals surface area contributed by atoms with Gasteiger partial charge in [-0.15, -0.1) is 0 Å². The highest BCUT2D eigenvalue weighted by Gasteiger charge is 2.56. The van der Waals surface area contributed by atoms with E-state index in [1.165, 1.54) is 0 Å². The van der Waals surface area contributed by atoms with Crippen molar-refractivity contribution in [3.63, 3.8) is 0 Å². The number of carbonyl (C=O) groups excluding carboxylic acids is 3. The van der Waals surface area contributed by atoms with Crippen LogP contribution in [-0.4, -0.2) is 17.5 Å². The lowest BCUT2D eigenvalue weighted by Gasteiger charge is -2.45. The normalized spacial score (nSPS) is 24.8. The summed E-state index contributed by atoms with van der Waals surface area (Å²) in [5.74, 6) is -2.80. The second-order valence-electron chi connectivity index (χ2n) is 8.03. The topological polar surface area (TPSA) is 77.2 Å². The van der Waals surface area contributed by atoms with E-state index < -0.39 is 29.1 Å². The fourth-order valence-corrected chi connectivity index (χ4v) is 4.86. The molecular formula is C24H27NO3. The first-order valence-corrected chi connectivity index (χ1v) is 9.79. The largest absolute Gasteiger partial charge is 0.369 e. The molecule has 1 saturated carbocycles. The standard InChI is InChI=1S/C24H27NO3/c1-15(2)24(23(25)28,18-12-8-5-9-13-18)20-14-19(17-10-6-4-7-11-17)21(26)16(3)22(20)27/h4-13,15-16,19-20H,14H2,1-3H3,(H2,25,28). The Hall–Kier alpha value is -2.75. The first-order valence-electron chi connectivity index (χ1n) is 9.79. The van der Waals surface area contributed by atoms with Crippen LogP contribution in [0.4, 0.5) is 0 Å². The van der Waals surface area contributed by atoms with Crippen LogP contribution in [0.3, 0.4) is 0 Å². The molecular weight excluding hydrogens is 350 g/mol. The zero-order chi connectivity index (χ0) is 20.5. The van der Waals surface area contributed by atoms with Crippen molar-refractivity contribution in [1.82, 2.24) is 0 Å². The van der Waals surface area contributed by atoms with Crippen molar-refractivity contribution in [2.24, 2.45) is 23.5 Å². The highest BCUT2D eigenvalue weighted by molar-refractivity contribution is 6.10. The van der Waals surface area contributed by atoms with Crippen LogP contribution in [0.2, 0.25) is 0 Å². The molecule has 4 nitrogen and oxygen atoms in total. The van der Waals surface area contributed by atoms with E-state index in [9.17, 15) is 14.4 Å². The lowest BCUT2D eigenvalue weighted by Crippen LogP contribution is -2.57. The van der Waals surface area contributed by atoms with Crippen LogP contribution >= 0.6 is 0 Å². The molecule has 0 bridgehead atoms. The molecule has 2 aromatic carbocycles. The van der Waals surface area contributed by atoms with Crippen molar-refractivity contribution in [2.75, 3.05) is 0 Å². The van der Waals surface area contributed by atoms with Crippen molar-refractivity contribution < 1.29 is 14.4 Å². The molecule has 1 fully saturated rings. The third kappa shape index (κ3) is 3.07. The predicted molar refractivity (Wildman–Crippen MR) is 109 cm³/mol. The van der Waals surface area contributed by atoms with Gasteiger partial charge in [-0.3, -0.25) is 14.4 Å². The average molecular weight is 377 g/mol. The Labute approximate surface area is 166 Å². The third-order valence-corrected chi connectivity index (χ3v) is 6.33. The van der Waals surface area contributed by atoms with Gasteiger partial charge in [-0.25, -0.2) is 0 Å². The van der Waals surface area contributed by atoms with Crippen LogP contribution in [0, 0.1) is 17.8 Å². The highest BCUT2D eigenvalue weighted by atomic mass is 16.2. The molecule has 1 amide bonds. The van der Waals surface area contributed by atoms with Gasteiger partial charge in [-0.2, -0.15) is 0 Å². The second kappa shape index (κ2) is 7.70. The van der Waals surface area contributed by atoms with E-state index in [1.807, 2.05) is 74.5 Å². The summed E-state index contributed by atoms with van der Waals surface area (Å²) in [5.41, 5.74) is 6.45. The van der Waals surface area contributed by atoms with Crippen molar-refractivity contribution in [3.8, 4) is 0 Å². The molecule has 2 aromatic rings. The number of hydrogen-bond acceptors (Lipinski definition) is 3. The smallest absolute Gasteiger partial charge is 0.229 e. The summed E-state index contributed by atoms with van der Waals surface area (Å²) < 4.78 is 0. The molecule has 0 aromatic heterocycles. The third-order valence-electron chi connectivity index (χ3n) is 6.33. The SMILES string of the molecule is CC1C(=O)C(c2ccccc2)CC(C(C(N)=O)(c2ccccc2)C(C)C)C1=O. The summed E-state index contributed by atoms with van der Waals surface area (Å²) in [6.45, 7) is 5.50. The van der Waals surface area contributed by atoms with Crippen LogP contribution in [0.15, 0.2) is 60.7 Å². The van der Waals surface area contributed by atoms with E-state index in [4.69, 9.17) is 5.73 Å². The van der Waals surface area contributed by atoms with Crippen molar-refractivity contribution in [3.05, 3.63) is 71.8 Å². The molecule has 4 heteroatoms. The first kappa shape index (κ1) is 20.0. The summed E-state index contributed by atoms with van der Waals surface area (Å²) in [6.07, 6.45) is 0.294. The molecule has 1 aliphatic rings. The van der Waals surface area contributed by atoms with Gasteiger partial charge < -0.3 is 5.73 Å². The van der Waals surface area contributed by atoms with Gasteiger partial charge in [0, 0.05) is 11.8 Å². The van der Waals surface area contributed by atoms with Crippen molar-refractivity contribution in [2.45, 2.75) is 38.5 Å². The summed E-state index contributed by atoms with van der Waals surface area (Å²) in [7, 11) is 0. The molecule has 28 heavy (non-hydrogen) atoms. The molecule has 3 rings (SSSR count). The molecule has 0 saturated heterocycles. The molecule has 146 valence electrons. The number of Topliss-reactive ketones (excluding diaryl/α,β-unsaturated/α-hetero) is 2. The minimum Gasteiger partial charge on any atom is -0.369 e. The number of hydrogen-bond donors (Lipinski definition) is 1. The van der Waals surface area contributed by atoms with Gasteiger partial charge in [0.25, 0.3) is 0 Å². The first-order chi connectivity index (χ1) is 13.3. The Morgan fingerprint density at radius 1 is 0.964 bits per heavy atom. The minimum absolute atomic E-state index is 0.0809. The number of carbonyl (C=O) groups is 3. The molecule has 1 aliphatic carbocycles. The number of primary amides is 1. The van der Waals surface area contributed by atoms with Gasteiger partial charge in [0.15, 0.2) is 5.78 Å². The number of ketones is 2. The van der Waals surface area contributed by atoms with Crippen LogP contribution in [-0.2, 0) is 19.8 Å². The van der Waals surface area contributed by atoms with Gasteiger partial charge in [-0.1, -0.05) is 74.5 Å². The summed E-state index contributed by atoms with van der Waals surface area (Å²) in [4.78, 5) is 39.2. The number of rotatable bonds is 5. The number of benzene rings is 2. The van der Waals surface area contributed by atoms with E-state index in [1.54, 1.807) is 6.92 Å². The molecule has 0 heterocycles. The fraction of sp³-hybridized carbons (Fsp3) is 0.375. The minimum atomic E-state index is -1.15. The van der Waals surface area contributed by atoms with E-state index in [0.717, 1.165) is 11.1 Å². The monoisotopic (exact) mass is 377 g/mol. The second-order valence-corrected chi connectivity index (χ2v) is 8.03. The Balaban J connectivity index is 2.17. The molecule has 4 unspecified atom stereocenters. The maximum atomic E-state index is 13.3. The summed E-state index contributed by atoms with van der Waals surface area (Å²) in [6, 6.07) is 18.8. The molecule has 0 radical (unpaired) electrons. The quantitative estimate of drug-likeness (QED) is 0.808. The van der Waals surface area contributed by atoms with E-state index in [2.05, 4.69) is 0 Å².